The summed E-state index contributed by atoms with van der Waals surface area (Å²) in [7, 11) is -3.52. The maximum Gasteiger partial charge on any atom is 0.236 e. The molecule has 7 heteroatoms. The molecule has 0 aromatic heterocycles. The second-order valence-corrected chi connectivity index (χ2v) is 6.87. The summed E-state index contributed by atoms with van der Waals surface area (Å²) >= 11 is 11.1. The van der Waals surface area contributed by atoms with Crippen molar-refractivity contribution in [1.82, 2.24) is 4.31 Å². The fraction of sp³-hybridized carbons (Fsp3) is 0.417. The highest BCUT2D eigenvalue weighted by Crippen LogP contribution is 2.19. The molecule has 1 heterocycles. The Bertz CT molecular complexity index is 523. The highest BCUT2D eigenvalue weighted by Gasteiger charge is 2.25. The number of hydrogen-bond acceptors (Lipinski definition) is 3. The molecule has 0 unspecified atom stereocenters. The van der Waals surface area contributed by atoms with Crippen LogP contribution in [0.4, 0.5) is 0 Å². The monoisotopic (exact) mass is 323 g/mol. The molecule has 0 N–H and O–H groups in total. The van der Waals surface area contributed by atoms with Gasteiger partial charge < -0.3 is 0 Å². The van der Waals surface area contributed by atoms with Crippen molar-refractivity contribution in [3.05, 3.63) is 35.5 Å². The molecule has 0 aromatic rings. The normalized spacial score (nSPS) is 17.5. The largest absolute Gasteiger partial charge is 0.295 e. The third kappa shape index (κ3) is 5.01. The van der Waals surface area contributed by atoms with Crippen molar-refractivity contribution in [2.24, 2.45) is 0 Å². The van der Waals surface area contributed by atoms with E-state index in [1.807, 2.05) is 0 Å². The first-order chi connectivity index (χ1) is 8.86. The maximum absolute atomic E-state index is 12.1. The van der Waals surface area contributed by atoms with Gasteiger partial charge in [-0.3, -0.25) is 9.10 Å². The number of alkyl halides is 1. The fourth-order valence-corrected chi connectivity index (χ4v) is 3.55. The van der Waals surface area contributed by atoms with Gasteiger partial charge in [0, 0.05) is 30.0 Å². The Morgan fingerprint density at radius 3 is 2.79 bits per heavy atom. The Balaban J connectivity index is 3.14. The summed E-state index contributed by atoms with van der Waals surface area (Å²) in [6.45, 7) is 3.74. The molecule has 0 aromatic carbocycles. The van der Waals surface area contributed by atoms with Crippen LogP contribution in [0.15, 0.2) is 35.5 Å². The molecule has 1 rings (SSSR count). The van der Waals surface area contributed by atoms with E-state index >= 15 is 0 Å². The molecular weight excluding hydrogens is 309 g/mol. The van der Waals surface area contributed by atoms with Gasteiger partial charge in [-0.1, -0.05) is 18.2 Å². The number of sulfonamides is 1. The molecule has 1 aliphatic rings. The molecule has 0 atom stereocenters. The number of carbonyl (C=O) groups is 1. The minimum Gasteiger partial charge on any atom is -0.295 e. The van der Waals surface area contributed by atoms with Crippen LogP contribution >= 0.6 is 23.2 Å². The number of carbonyl (C=O) groups excluding carboxylic acids is 1. The van der Waals surface area contributed by atoms with Crippen molar-refractivity contribution in [3.63, 3.8) is 0 Å². The van der Waals surface area contributed by atoms with Crippen LogP contribution in [-0.2, 0) is 14.8 Å². The van der Waals surface area contributed by atoms with Gasteiger partial charge in [-0.05, 0) is 18.6 Å². The summed E-state index contributed by atoms with van der Waals surface area (Å²) in [5, 5.41) is 0.257. The lowest BCUT2D eigenvalue weighted by atomic mass is 10.2. The van der Waals surface area contributed by atoms with Crippen molar-refractivity contribution < 1.29 is 13.2 Å². The Hall–Kier alpha value is -0.780. The molecule has 0 spiro atoms. The van der Waals surface area contributed by atoms with Crippen LogP contribution in [-0.4, -0.2) is 36.7 Å². The van der Waals surface area contributed by atoms with Crippen LogP contribution in [0, 0.1) is 0 Å². The van der Waals surface area contributed by atoms with Crippen molar-refractivity contribution >= 4 is 39.0 Å². The molecular formula is C12H15Cl2NO3S. The lowest BCUT2D eigenvalue weighted by Gasteiger charge is -2.23. The van der Waals surface area contributed by atoms with Crippen molar-refractivity contribution in [2.75, 3.05) is 18.2 Å². The van der Waals surface area contributed by atoms with E-state index in [9.17, 15) is 13.2 Å². The smallest absolute Gasteiger partial charge is 0.236 e. The highest BCUT2D eigenvalue weighted by molar-refractivity contribution is 7.89. The molecule has 0 amide bonds. The Kier molecular flexibility index (Phi) is 6.10. The van der Waals surface area contributed by atoms with Gasteiger partial charge in [-0.15, -0.1) is 11.6 Å². The summed E-state index contributed by atoms with van der Waals surface area (Å²) < 4.78 is 25.4. The SMILES string of the molecule is C=C(Cl)/C=C\C1=CC(=O)CCCN1S(=O)(=O)CCCl. The van der Waals surface area contributed by atoms with Crippen LogP contribution in [0.25, 0.3) is 0 Å². The Morgan fingerprint density at radius 1 is 1.53 bits per heavy atom. The number of hydrogen-bond donors (Lipinski definition) is 0. The summed E-state index contributed by atoms with van der Waals surface area (Å²) in [5.74, 6) is -0.273. The average Bonchev–Trinajstić information content (AvgIpc) is 2.48. The average molecular weight is 324 g/mol. The maximum atomic E-state index is 12.1. The first-order valence-electron chi connectivity index (χ1n) is 5.70. The minimum absolute atomic E-state index is 0.00594. The van der Waals surface area contributed by atoms with E-state index in [0.29, 0.717) is 18.5 Å². The summed E-state index contributed by atoms with van der Waals surface area (Å²) in [4.78, 5) is 11.6. The van der Waals surface area contributed by atoms with Crippen molar-refractivity contribution in [2.45, 2.75) is 12.8 Å². The van der Waals surface area contributed by atoms with Gasteiger partial charge in [0.05, 0.1) is 11.4 Å². The van der Waals surface area contributed by atoms with Crippen molar-refractivity contribution in [3.8, 4) is 0 Å². The van der Waals surface area contributed by atoms with Crippen LogP contribution < -0.4 is 0 Å². The quantitative estimate of drug-likeness (QED) is 0.576. The lowest BCUT2D eigenvalue weighted by Crippen LogP contribution is -2.32. The molecule has 0 saturated carbocycles. The minimum atomic E-state index is -3.52. The van der Waals surface area contributed by atoms with Gasteiger partial charge in [0.15, 0.2) is 5.78 Å². The van der Waals surface area contributed by atoms with Crippen LogP contribution in [0.1, 0.15) is 12.8 Å². The standard InChI is InChI=1S/C12H15Cl2NO3S/c1-10(14)4-5-11-9-12(16)3-2-7-15(11)19(17,18)8-6-13/h4-5,9H,1-3,6-8H2/b5-4-. The van der Waals surface area contributed by atoms with Gasteiger partial charge in [0.1, 0.15) is 0 Å². The van der Waals surface area contributed by atoms with E-state index in [4.69, 9.17) is 23.2 Å². The second kappa shape index (κ2) is 7.12. The predicted molar refractivity (Wildman–Crippen MR) is 77.7 cm³/mol. The molecule has 0 saturated heterocycles. The predicted octanol–water partition coefficient (Wildman–Crippen LogP) is 2.41. The van der Waals surface area contributed by atoms with Gasteiger partial charge in [-0.2, -0.15) is 0 Å². The zero-order valence-corrected chi connectivity index (χ0v) is 12.6. The summed E-state index contributed by atoms with van der Waals surface area (Å²) in [6, 6.07) is 0. The molecule has 19 heavy (non-hydrogen) atoms. The van der Waals surface area contributed by atoms with Crippen molar-refractivity contribution in [1.29, 1.82) is 0 Å². The van der Waals surface area contributed by atoms with E-state index in [1.54, 1.807) is 0 Å². The summed E-state index contributed by atoms with van der Waals surface area (Å²) in [6.07, 6.45) is 5.05. The van der Waals surface area contributed by atoms with Gasteiger partial charge in [-0.25, -0.2) is 8.42 Å². The number of halogens is 2. The van der Waals surface area contributed by atoms with Crippen LogP contribution in [0.5, 0.6) is 0 Å². The number of allylic oxidation sites excluding steroid dienone is 4. The molecule has 0 fully saturated rings. The number of nitrogens with zero attached hydrogens (tertiary/aromatic N) is 1. The van der Waals surface area contributed by atoms with E-state index in [-0.39, 0.29) is 29.0 Å². The van der Waals surface area contributed by atoms with E-state index in [1.165, 1.54) is 22.5 Å². The highest BCUT2D eigenvalue weighted by atomic mass is 35.5. The molecule has 0 aliphatic carbocycles. The zero-order chi connectivity index (χ0) is 14.5. The lowest BCUT2D eigenvalue weighted by molar-refractivity contribution is -0.114. The van der Waals surface area contributed by atoms with E-state index < -0.39 is 10.0 Å². The first-order valence-corrected chi connectivity index (χ1v) is 8.22. The van der Waals surface area contributed by atoms with Crippen LogP contribution in [0.3, 0.4) is 0 Å². The molecule has 1 aliphatic heterocycles. The third-order valence-corrected chi connectivity index (χ3v) is 4.81. The Morgan fingerprint density at radius 2 is 2.21 bits per heavy atom. The summed E-state index contributed by atoms with van der Waals surface area (Å²) in [5.41, 5.74) is 0.300. The number of rotatable bonds is 5. The fourth-order valence-electron chi connectivity index (χ4n) is 1.65. The Labute approximate surface area is 123 Å². The second-order valence-electron chi connectivity index (χ2n) is 4.00. The van der Waals surface area contributed by atoms with E-state index in [0.717, 1.165) is 0 Å². The third-order valence-electron chi connectivity index (χ3n) is 2.49. The molecule has 106 valence electrons. The van der Waals surface area contributed by atoms with Crippen LogP contribution in [0.2, 0.25) is 0 Å². The number of ketones is 1. The van der Waals surface area contributed by atoms with E-state index in [2.05, 4.69) is 6.58 Å². The topological polar surface area (TPSA) is 54.5 Å². The molecule has 0 radical (unpaired) electrons. The zero-order valence-electron chi connectivity index (χ0n) is 10.3. The van der Waals surface area contributed by atoms with Gasteiger partial charge in [0.2, 0.25) is 10.0 Å². The molecule has 0 bridgehead atoms. The first kappa shape index (κ1) is 16.3. The van der Waals surface area contributed by atoms with Gasteiger partial charge >= 0.3 is 0 Å². The van der Waals surface area contributed by atoms with Gasteiger partial charge in [0.25, 0.3) is 0 Å². The molecule has 4 nitrogen and oxygen atoms in total.